The normalized spacial score (nSPS) is 14.0. The molecule has 174 valence electrons. The number of benzene rings is 1. The van der Waals surface area contributed by atoms with E-state index in [9.17, 15) is 9.59 Å². The maximum Gasteiger partial charge on any atom is 0.261 e. The Morgan fingerprint density at radius 3 is 2.62 bits per heavy atom. The fraction of sp³-hybridized carbons (Fsp3) is 0.333. The molecule has 1 aliphatic heterocycles. The highest BCUT2D eigenvalue weighted by Gasteiger charge is 2.22. The lowest BCUT2D eigenvalue weighted by atomic mass is 10.2. The first kappa shape index (κ1) is 21.7. The molecule has 0 saturated carbocycles. The molecule has 5 rings (SSSR count). The molecular formula is C24H25N7O3. The Morgan fingerprint density at radius 1 is 1.06 bits per heavy atom. The van der Waals surface area contributed by atoms with Crippen molar-refractivity contribution in [3.63, 3.8) is 0 Å². The van der Waals surface area contributed by atoms with Crippen molar-refractivity contribution < 1.29 is 9.32 Å². The molecule has 4 heterocycles. The van der Waals surface area contributed by atoms with Gasteiger partial charge in [-0.25, -0.2) is 9.97 Å². The Bertz CT molecular complexity index is 1360. The van der Waals surface area contributed by atoms with E-state index in [2.05, 4.69) is 25.0 Å². The van der Waals surface area contributed by atoms with Gasteiger partial charge in [-0.3, -0.25) is 14.2 Å². The molecule has 0 radical (unpaired) electrons. The van der Waals surface area contributed by atoms with Gasteiger partial charge in [0.2, 0.25) is 17.6 Å². The number of rotatable bonds is 6. The van der Waals surface area contributed by atoms with Gasteiger partial charge in [-0.1, -0.05) is 24.2 Å². The van der Waals surface area contributed by atoms with Crippen molar-refractivity contribution in [2.24, 2.45) is 0 Å². The fourth-order valence-electron chi connectivity index (χ4n) is 4.05. The highest BCUT2D eigenvalue weighted by molar-refractivity contribution is 5.78. The lowest BCUT2D eigenvalue weighted by molar-refractivity contribution is -0.131. The molecule has 1 fully saturated rings. The Hall–Kier alpha value is -4.08. The van der Waals surface area contributed by atoms with Crippen molar-refractivity contribution in [1.82, 2.24) is 29.6 Å². The van der Waals surface area contributed by atoms with Crippen LogP contribution < -0.4 is 10.5 Å². The number of anilines is 1. The van der Waals surface area contributed by atoms with E-state index in [1.807, 2.05) is 42.2 Å². The molecule has 10 heteroatoms. The van der Waals surface area contributed by atoms with Crippen molar-refractivity contribution >= 4 is 22.6 Å². The second-order valence-corrected chi connectivity index (χ2v) is 8.15. The smallest absolute Gasteiger partial charge is 0.261 e. The van der Waals surface area contributed by atoms with Gasteiger partial charge in [-0.2, -0.15) is 4.98 Å². The summed E-state index contributed by atoms with van der Waals surface area (Å²) in [7, 11) is 0. The van der Waals surface area contributed by atoms with Gasteiger partial charge < -0.3 is 14.3 Å². The molecule has 0 spiro atoms. The maximum absolute atomic E-state index is 12.8. The lowest BCUT2D eigenvalue weighted by Crippen LogP contribution is -2.49. The maximum atomic E-state index is 12.8. The van der Waals surface area contributed by atoms with Crippen molar-refractivity contribution in [3.8, 4) is 11.4 Å². The summed E-state index contributed by atoms with van der Waals surface area (Å²) in [4.78, 5) is 42.6. The SMILES string of the molecule is CCc1nc(-c2ccc(N3CCN(C(=O)CCn4cnc5ccccc5c4=O)CC3)nc2)no1. The largest absolute Gasteiger partial charge is 0.353 e. The first-order valence-corrected chi connectivity index (χ1v) is 11.4. The van der Waals surface area contributed by atoms with Crippen LogP contribution in [0.1, 0.15) is 19.2 Å². The van der Waals surface area contributed by atoms with Gasteiger partial charge in [0.05, 0.1) is 17.2 Å². The Morgan fingerprint density at radius 2 is 1.88 bits per heavy atom. The molecule has 1 saturated heterocycles. The topological polar surface area (TPSA) is 110 Å². The summed E-state index contributed by atoms with van der Waals surface area (Å²) in [5, 5.41) is 4.54. The van der Waals surface area contributed by atoms with Crippen LogP contribution in [0.15, 0.2) is 58.2 Å². The molecule has 1 amide bonds. The number of carbonyl (C=O) groups is 1. The van der Waals surface area contributed by atoms with Crippen LogP contribution in [-0.2, 0) is 17.8 Å². The molecule has 1 aliphatic rings. The number of aromatic nitrogens is 5. The number of amides is 1. The molecule has 0 aliphatic carbocycles. The molecule has 0 atom stereocenters. The number of carbonyl (C=O) groups excluding carboxylic acids is 1. The number of pyridine rings is 1. The van der Waals surface area contributed by atoms with Crippen LogP contribution in [-0.4, -0.2) is 61.7 Å². The first-order valence-electron chi connectivity index (χ1n) is 11.4. The van der Waals surface area contributed by atoms with Gasteiger partial charge in [-0.15, -0.1) is 0 Å². The summed E-state index contributed by atoms with van der Waals surface area (Å²) in [5.74, 6) is 2.02. The zero-order chi connectivity index (χ0) is 23.5. The van der Waals surface area contributed by atoms with Crippen LogP contribution in [0.4, 0.5) is 5.82 Å². The third kappa shape index (κ3) is 4.39. The summed E-state index contributed by atoms with van der Waals surface area (Å²) in [6, 6.07) is 11.1. The molecule has 3 aromatic heterocycles. The van der Waals surface area contributed by atoms with E-state index < -0.39 is 0 Å². The van der Waals surface area contributed by atoms with E-state index in [4.69, 9.17) is 4.52 Å². The summed E-state index contributed by atoms with van der Waals surface area (Å²) in [6.45, 7) is 4.88. The summed E-state index contributed by atoms with van der Waals surface area (Å²) in [6.07, 6.45) is 4.21. The Labute approximate surface area is 195 Å². The average molecular weight is 460 g/mol. The van der Waals surface area contributed by atoms with Crippen LogP contribution in [0, 0.1) is 0 Å². The predicted molar refractivity (Wildman–Crippen MR) is 126 cm³/mol. The van der Waals surface area contributed by atoms with Crippen LogP contribution in [0.3, 0.4) is 0 Å². The zero-order valence-corrected chi connectivity index (χ0v) is 18.9. The monoisotopic (exact) mass is 459 g/mol. The van der Waals surface area contributed by atoms with E-state index in [0.717, 1.165) is 11.4 Å². The number of hydrogen-bond donors (Lipinski definition) is 0. The molecule has 10 nitrogen and oxygen atoms in total. The average Bonchev–Trinajstić information content (AvgIpc) is 3.38. The first-order chi connectivity index (χ1) is 16.6. The molecule has 34 heavy (non-hydrogen) atoms. The van der Waals surface area contributed by atoms with Gasteiger partial charge in [0.15, 0.2) is 0 Å². The highest BCUT2D eigenvalue weighted by atomic mass is 16.5. The number of hydrogen-bond acceptors (Lipinski definition) is 8. The number of para-hydroxylation sites is 1. The van der Waals surface area contributed by atoms with E-state index >= 15 is 0 Å². The third-order valence-corrected chi connectivity index (χ3v) is 6.03. The van der Waals surface area contributed by atoms with E-state index in [1.54, 1.807) is 12.3 Å². The number of fused-ring (bicyclic) bond motifs is 1. The standard InChI is InChI=1S/C24H25N7O3/c1-2-21-27-23(28-34-21)17-7-8-20(25-15-17)29-11-13-30(14-12-29)22(32)9-10-31-16-26-19-6-4-3-5-18(19)24(31)33/h3-8,15-16H,2,9-14H2,1H3. The number of aryl methyl sites for hydroxylation is 2. The molecular weight excluding hydrogens is 434 g/mol. The van der Waals surface area contributed by atoms with Crippen molar-refractivity contribution in [2.75, 3.05) is 31.1 Å². The van der Waals surface area contributed by atoms with Gasteiger partial charge in [0.1, 0.15) is 5.82 Å². The summed E-state index contributed by atoms with van der Waals surface area (Å²) >= 11 is 0. The lowest BCUT2D eigenvalue weighted by Gasteiger charge is -2.35. The van der Waals surface area contributed by atoms with Gasteiger partial charge in [0, 0.05) is 57.3 Å². The van der Waals surface area contributed by atoms with Gasteiger partial charge in [0.25, 0.3) is 5.56 Å². The minimum Gasteiger partial charge on any atom is -0.353 e. The van der Waals surface area contributed by atoms with Crippen LogP contribution in [0.5, 0.6) is 0 Å². The molecule has 4 aromatic rings. The van der Waals surface area contributed by atoms with Crippen molar-refractivity contribution in [1.29, 1.82) is 0 Å². The molecule has 1 aromatic carbocycles. The second kappa shape index (κ2) is 9.42. The zero-order valence-electron chi connectivity index (χ0n) is 18.9. The quantitative estimate of drug-likeness (QED) is 0.431. The van der Waals surface area contributed by atoms with Crippen LogP contribution in [0.2, 0.25) is 0 Å². The van der Waals surface area contributed by atoms with Gasteiger partial charge in [-0.05, 0) is 24.3 Å². The van der Waals surface area contributed by atoms with Crippen LogP contribution >= 0.6 is 0 Å². The highest BCUT2D eigenvalue weighted by Crippen LogP contribution is 2.20. The molecule has 0 unspecified atom stereocenters. The Balaban J connectivity index is 1.15. The number of nitrogens with zero attached hydrogens (tertiary/aromatic N) is 7. The third-order valence-electron chi connectivity index (χ3n) is 6.03. The van der Waals surface area contributed by atoms with E-state index in [-0.39, 0.29) is 17.9 Å². The minimum absolute atomic E-state index is 0.0341. The summed E-state index contributed by atoms with van der Waals surface area (Å²) < 4.78 is 6.67. The fourth-order valence-corrected chi connectivity index (χ4v) is 4.05. The predicted octanol–water partition coefficient (Wildman–Crippen LogP) is 2.14. The molecule has 0 N–H and O–H groups in total. The van der Waals surface area contributed by atoms with E-state index in [0.29, 0.717) is 61.8 Å². The van der Waals surface area contributed by atoms with Gasteiger partial charge >= 0.3 is 0 Å². The number of piperazine rings is 1. The Kier molecular flexibility index (Phi) is 6.03. The van der Waals surface area contributed by atoms with E-state index in [1.165, 1.54) is 10.9 Å². The summed E-state index contributed by atoms with van der Waals surface area (Å²) in [5.41, 5.74) is 1.35. The minimum atomic E-state index is -0.121. The van der Waals surface area contributed by atoms with Crippen molar-refractivity contribution in [3.05, 3.63) is 65.2 Å². The second-order valence-electron chi connectivity index (χ2n) is 8.15. The van der Waals surface area contributed by atoms with Crippen LogP contribution in [0.25, 0.3) is 22.3 Å². The molecule has 0 bridgehead atoms. The van der Waals surface area contributed by atoms with Crippen molar-refractivity contribution in [2.45, 2.75) is 26.3 Å².